The van der Waals surface area contributed by atoms with Crippen molar-refractivity contribution in [2.45, 2.75) is 20.3 Å². The number of rotatable bonds is 5. The summed E-state index contributed by atoms with van der Waals surface area (Å²) in [5, 5.41) is 0.661. The van der Waals surface area contributed by atoms with E-state index >= 15 is 0 Å². The highest BCUT2D eigenvalue weighted by atomic mass is 35.5. The molecule has 0 radical (unpaired) electrons. The Hall–Kier alpha value is -1.87. The van der Waals surface area contributed by atoms with Crippen molar-refractivity contribution in [3.05, 3.63) is 63.9 Å². The van der Waals surface area contributed by atoms with Crippen molar-refractivity contribution in [1.29, 1.82) is 0 Å². The Morgan fingerprint density at radius 2 is 1.91 bits per heavy atom. The van der Waals surface area contributed by atoms with Crippen LogP contribution in [-0.2, 0) is 6.42 Å². The maximum atomic E-state index is 13.0. The molecule has 0 bridgehead atoms. The normalized spacial score (nSPS) is 11.1. The molecule has 116 valence electrons. The van der Waals surface area contributed by atoms with Gasteiger partial charge in [-0.3, -0.25) is 0 Å². The van der Waals surface area contributed by atoms with E-state index in [1.54, 1.807) is 18.5 Å². The van der Waals surface area contributed by atoms with E-state index in [1.165, 1.54) is 12.1 Å². The van der Waals surface area contributed by atoms with Gasteiger partial charge in [0.1, 0.15) is 5.82 Å². The van der Waals surface area contributed by atoms with Gasteiger partial charge in [0.15, 0.2) is 0 Å². The summed E-state index contributed by atoms with van der Waals surface area (Å²) in [6.45, 7) is 5.00. The first-order chi connectivity index (χ1) is 10.5. The number of nitrogens with zero attached hydrogens (tertiary/aromatic N) is 2. The van der Waals surface area contributed by atoms with Crippen molar-refractivity contribution in [1.82, 2.24) is 4.90 Å². The van der Waals surface area contributed by atoms with Gasteiger partial charge in [-0.1, -0.05) is 23.7 Å². The summed E-state index contributed by atoms with van der Waals surface area (Å²) in [5.41, 5.74) is 4.11. The summed E-state index contributed by atoms with van der Waals surface area (Å²) in [6.07, 6.45) is 2.51. The molecule has 0 spiro atoms. The second kappa shape index (κ2) is 7.41. The highest BCUT2D eigenvalue weighted by molar-refractivity contribution is 6.31. The maximum Gasteiger partial charge on any atom is 0.123 e. The first kappa shape index (κ1) is 16.5. The fraction of sp³-hybridized carbons (Fsp3) is 0.278. The minimum Gasteiger partial charge on any atom is -0.366 e. The molecule has 0 aliphatic carbocycles. The zero-order valence-corrected chi connectivity index (χ0v) is 13.9. The van der Waals surface area contributed by atoms with E-state index in [0.717, 1.165) is 28.9 Å². The molecule has 0 atom stereocenters. The van der Waals surface area contributed by atoms with Gasteiger partial charge < -0.3 is 4.90 Å². The van der Waals surface area contributed by atoms with Crippen LogP contribution in [0.15, 0.2) is 41.4 Å². The molecule has 0 fully saturated rings. The lowest BCUT2D eigenvalue weighted by Gasteiger charge is -2.12. The molecule has 2 nitrogen and oxygen atoms in total. The van der Waals surface area contributed by atoms with Crippen LogP contribution in [0.2, 0.25) is 5.02 Å². The molecule has 2 aromatic rings. The number of halogens is 2. The molecule has 0 aliphatic rings. The molecule has 22 heavy (non-hydrogen) atoms. The van der Waals surface area contributed by atoms with Crippen molar-refractivity contribution >= 4 is 23.6 Å². The van der Waals surface area contributed by atoms with Gasteiger partial charge in [0.25, 0.3) is 0 Å². The molecule has 0 saturated carbocycles. The van der Waals surface area contributed by atoms with Crippen LogP contribution >= 0.6 is 11.6 Å². The molecule has 0 aromatic heterocycles. The third-order valence-electron chi connectivity index (χ3n) is 3.65. The number of benzene rings is 2. The first-order valence-electron chi connectivity index (χ1n) is 7.27. The van der Waals surface area contributed by atoms with Gasteiger partial charge >= 0.3 is 0 Å². The van der Waals surface area contributed by atoms with Gasteiger partial charge in [-0.2, -0.15) is 0 Å². The second-order valence-corrected chi connectivity index (χ2v) is 5.77. The van der Waals surface area contributed by atoms with Gasteiger partial charge in [0.2, 0.25) is 0 Å². The van der Waals surface area contributed by atoms with Gasteiger partial charge in [-0.05, 0) is 61.2 Å². The molecule has 0 amide bonds. The van der Waals surface area contributed by atoms with E-state index < -0.39 is 0 Å². The third-order valence-corrected chi connectivity index (χ3v) is 3.87. The lowest BCUT2D eigenvalue weighted by atomic mass is 9.99. The smallest absolute Gasteiger partial charge is 0.123 e. The molecule has 0 unspecified atom stereocenters. The predicted octanol–water partition coefficient (Wildman–Crippen LogP) is 4.99. The van der Waals surface area contributed by atoms with Crippen molar-refractivity contribution < 1.29 is 4.39 Å². The van der Waals surface area contributed by atoms with E-state index in [9.17, 15) is 4.39 Å². The maximum absolute atomic E-state index is 13.0. The van der Waals surface area contributed by atoms with E-state index in [0.29, 0.717) is 11.4 Å². The molecule has 0 aliphatic heterocycles. The predicted molar refractivity (Wildman–Crippen MR) is 91.9 cm³/mol. The summed E-state index contributed by atoms with van der Waals surface area (Å²) in [6, 6.07) is 10.4. The molecule has 4 heteroatoms. The summed E-state index contributed by atoms with van der Waals surface area (Å²) in [7, 11) is 1.98. The summed E-state index contributed by atoms with van der Waals surface area (Å²) >= 11 is 6.22. The van der Waals surface area contributed by atoms with Crippen LogP contribution in [0.25, 0.3) is 0 Å². The van der Waals surface area contributed by atoms with Gasteiger partial charge in [0.05, 0.1) is 12.0 Å². The Morgan fingerprint density at radius 1 is 1.23 bits per heavy atom. The Labute approximate surface area is 136 Å². The molecule has 0 N–H and O–H groups in total. The van der Waals surface area contributed by atoms with Gasteiger partial charge in [-0.15, -0.1) is 0 Å². The lowest BCUT2D eigenvalue weighted by molar-refractivity contribution is 0.552. The first-order valence-corrected chi connectivity index (χ1v) is 7.65. The van der Waals surface area contributed by atoms with E-state index in [1.807, 2.05) is 31.0 Å². The van der Waals surface area contributed by atoms with Crippen LogP contribution in [0.3, 0.4) is 0 Å². The summed E-state index contributed by atoms with van der Waals surface area (Å²) in [5.74, 6) is -0.223. The van der Waals surface area contributed by atoms with Crippen molar-refractivity contribution in [3.63, 3.8) is 0 Å². The average molecular weight is 319 g/mol. The highest BCUT2D eigenvalue weighted by Crippen LogP contribution is 2.28. The van der Waals surface area contributed by atoms with Gasteiger partial charge in [0, 0.05) is 18.6 Å². The fourth-order valence-electron chi connectivity index (χ4n) is 2.10. The minimum absolute atomic E-state index is 0.223. The summed E-state index contributed by atoms with van der Waals surface area (Å²) < 4.78 is 13.0. The zero-order chi connectivity index (χ0) is 16.1. The molecule has 2 rings (SSSR count). The average Bonchev–Trinajstić information content (AvgIpc) is 2.50. The van der Waals surface area contributed by atoms with Crippen LogP contribution in [0.4, 0.5) is 10.1 Å². The second-order valence-electron chi connectivity index (χ2n) is 5.33. The van der Waals surface area contributed by atoms with Crippen LogP contribution in [0.5, 0.6) is 0 Å². The Morgan fingerprint density at radius 3 is 2.55 bits per heavy atom. The molecular weight excluding hydrogens is 299 g/mol. The van der Waals surface area contributed by atoms with Gasteiger partial charge in [-0.25, -0.2) is 9.38 Å². The largest absolute Gasteiger partial charge is 0.366 e. The molecule has 0 heterocycles. The number of hydrogen-bond acceptors (Lipinski definition) is 1. The third kappa shape index (κ3) is 4.31. The Kier molecular flexibility index (Phi) is 5.56. The standard InChI is InChI=1S/C18H20ClFN2/c1-4-22(3)12-21-18-11-16(19)10-15(13(18)2)9-14-5-7-17(20)8-6-14/h5-8,10-12H,4,9H2,1-3H3/b21-12-. The Balaban J connectivity index is 2.30. The van der Waals surface area contributed by atoms with Crippen LogP contribution in [0, 0.1) is 12.7 Å². The van der Waals surface area contributed by atoms with E-state index in [2.05, 4.69) is 11.9 Å². The van der Waals surface area contributed by atoms with Crippen LogP contribution in [-0.4, -0.2) is 24.8 Å². The molecular formula is C18H20ClFN2. The quantitative estimate of drug-likeness (QED) is 0.560. The Bertz CT molecular complexity index is 666. The lowest BCUT2D eigenvalue weighted by Crippen LogP contribution is -2.14. The number of aliphatic imine (C=N–C) groups is 1. The minimum atomic E-state index is -0.223. The van der Waals surface area contributed by atoms with Crippen molar-refractivity contribution in [2.24, 2.45) is 4.99 Å². The SMILES string of the molecule is CCN(C)/C=N\c1cc(Cl)cc(Cc2ccc(F)cc2)c1C. The van der Waals surface area contributed by atoms with E-state index in [4.69, 9.17) is 11.6 Å². The monoisotopic (exact) mass is 318 g/mol. The topological polar surface area (TPSA) is 15.6 Å². The fourth-order valence-corrected chi connectivity index (χ4v) is 2.34. The van der Waals surface area contributed by atoms with Crippen LogP contribution in [0.1, 0.15) is 23.6 Å². The summed E-state index contributed by atoms with van der Waals surface area (Å²) in [4.78, 5) is 6.51. The van der Waals surface area contributed by atoms with Crippen molar-refractivity contribution in [2.75, 3.05) is 13.6 Å². The van der Waals surface area contributed by atoms with E-state index in [-0.39, 0.29) is 5.82 Å². The highest BCUT2D eigenvalue weighted by Gasteiger charge is 2.07. The molecule has 2 aromatic carbocycles. The van der Waals surface area contributed by atoms with Crippen LogP contribution < -0.4 is 0 Å². The van der Waals surface area contributed by atoms with Crippen molar-refractivity contribution in [3.8, 4) is 0 Å². The number of hydrogen-bond donors (Lipinski definition) is 0. The zero-order valence-electron chi connectivity index (χ0n) is 13.1. The molecule has 0 saturated heterocycles.